The standard InChI is InChI=1S/C6H10N2O5/c7-4(9)2-8-3(6(12)13)1-5(10)11/h3,8H,1-2H2,(H2,7,9)(H,10,11)(H,12,13)/t3-/m0/s1. The maximum Gasteiger partial charge on any atom is 0.321 e. The van der Waals surface area contributed by atoms with Gasteiger partial charge in [-0.05, 0) is 0 Å². The van der Waals surface area contributed by atoms with E-state index >= 15 is 0 Å². The van der Waals surface area contributed by atoms with Gasteiger partial charge >= 0.3 is 11.9 Å². The van der Waals surface area contributed by atoms with E-state index in [1.54, 1.807) is 0 Å². The molecule has 0 aromatic rings. The SMILES string of the molecule is NC(=O)CN[C@@H](CC(=O)O)C(=O)O. The summed E-state index contributed by atoms with van der Waals surface area (Å²) in [4.78, 5) is 30.7. The Bertz CT molecular complexity index is 227. The van der Waals surface area contributed by atoms with E-state index in [0.29, 0.717) is 0 Å². The molecule has 0 heterocycles. The van der Waals surface area contributed by atoms with Gasteiger partial charge in [-0.2, -0.15) is 0 Å². The van der Waals surface area contributed by atoms with Crippen LogP contribution in [0.4, 0.5) is 0 Å². The number of rotatable bonds is 6. The molecule has 13 heavy (non-hydrogen) atoms. The third-order valence-corrected chi connectivity index (χ3v) is 1.20. The van der Waals surface area contributed by atoms with Crippen LogP contribution in [-0.4, -0.2) is 40.6 Å². The Kier molecular flexibility index (Phi) is 4.45. The van der Waals surface area contributed by atoms with Crippen molar-refractivity contribution in [1.82, 2.24) is 5.32 Å². The Balaban J connectivity index is 4.02. The topological polar surface area (TPSA) is 130 Å². The number of amides is 1. The molecule has 0 rings (SSSR count). The highest BCUT2D eigenvalue weighted by atomic mass is 16.4. The van der Waals surface area contributed by atoms with Gasteiger partial charge in [-0.1, -0.05) is 0 Å². The molecule has 5 N–H and O–H groups in total. The average molecular weight is 190 g/mol. The molecule has 74 valence electrons. The molecule has 0 spiro atoms. The van der Waals surface area contributed by atoms with Crippen LogP contribution in [0.5, 0.6) is 0 Å². The Morgan fingerprint density at radius 1 is 1.31 bits per heavy atom. The highest BCUT2D eigenvalue weighted by molar-refractivity contribution is 5.82. The number of carbonyl (C=O) groups is 3. The van der Waals surface area contributed by atoms with E-state index in [2.05, 4.69) is 5.32 Å². The monoisotopic (exact) mass is 190 g/mol. The molecule has 0 aromatic carbocycles. The molecule has 0 unspecified atom stereocenters. The van der Waals surface area contributed by atoms with Gasteiger partial charge in [0.2, 0.25) is 5.91 Å². The zero-order valence-electron chi connectivity index (χ0n) is 6.69. The second-order valence-electron chi connectivity index (χ2n) is 2.34. The van der Waals surface area contributed by atoms with Crippen LogP contribution in [0.1, 0.15) is 6.42 Å². The lowest BCUT2D eigenvalue weighted by Crippen LogP contribution is -2.42. The molecule has 7 heteroatoms. The smallest absolute Gasteiger partial charge is 0.321 e. The number of carbonyl (C=O) groups excluding carboxylic acids is 1. The van der Waals surface area contributed by atoms with Crippen molar-refractivity contribution >= 4 is 17.8 Å². The minimum Gasteiger partial charge on any atom is -0.481 e. The predicted octanol–water partition coefficient (Wildman–Crippen LogP) is -2.01. The van der Waals surface area contributed by atoms with Gasteiger partial charge in [-0.3, -0.25) is 19.7 Å². The van der Waals surface area contributed by atoms with Crippen LogP contribution in [0.25, 0.3) is 0 Å². The summed E-state index contributed by atoms with van der Waals surface area (Å²) >= 11 is 0. The molecule has 0 saturated heterocycles. The second-order valence-corrected chi connectivity index (χ2v) is 2.34. The summed E-state index contributed by atoms with van der Waals surface area (Å²) in [5, 5.41) is 18.9. The highest BCUT2D eigenvalue weighted by Gasteiger charge is 2.20. The summed E-state index contributed by atoms with van der Waals surface area (Å²) in [7, 11) is 0. The summed E-state index contributed by atoms with van der Waals surface area (Å²) in [6, 6.07) is -1.29. The Morgan fingerprint density at radius 3 is 2.15 bits per heavy atom. The fraction of sp³-hybridized carbons (Fsp3) is 0.500. The van der Waals surface area contributed by atoms with Crippen molar-refractivity contribution in [3.05, 3.63) is 0 Å². The number of hydrogen-bond donors (Lipinski definition) is 4. The summed E-state index contributed by atoms with van der Waals surface area (Å²) in [5.74, 6) is -3.33. The van der Waals surface area contributed by atoms with Gasteiger partial charge < -0.3 is 15.9 Å². The van der Waals surface area contributed by atoms with Gasteiger partial charge in [-0.15, -0.1) is 0 Å². The summed E-state index contributed by atoms with van der Waals surface area (Å²) < 4.78 is 0. The van der Waals surface area contributed by atoms with Gasteiger partial charge in [0.25, 0.3) is 0 Å². The van der Waals surface area contributed by atoms with E-state index in [-0.39, 0.29) is 6.54 Å². The van der Waals surface area contributed by atoms with Crippen LogP contribution in [0.2, 0.25) is 0 Å². The fourth-order valence-electron chi connectivity index (χ4n) is 0.645. The fourth-order valence-corrected chi connectivity index (χ4v) is 0.645. The van der Waals surface area contributed by atoms with Gasteiger partial charge in [0, 0.05) is 0 Å². The van der Waals surface area contributed by atoms with Crippen LogP contribution in [0.3, 0.4) is 0 Å². The maximum atomic E-state index is 10.4. The van der Waals surface area contributed by atoms with E-state index in [1.165, 1.54) is 0 Å². The number of aliphatic carboxylic acids is 2. The molecule has 7 nitrogen and oxygen atoms in total. The molecule has 0 aliphatic rings. The predicted molar refractivity (Wildman–Crippen MR) is 40.9 cm³/mol. The second kappa shape index (κ2) is 5.09. The highest BCUT2D eigenvalue weighted by Crippen LogP contribution is 1.91. The largest absolute Gasteiger partial charge is 0.481 e. The zero-order chi connectivity index (χ0) is 10.4. The van der Waals surface area contributed by atoms with Crippen molar-refractivity contribution in [2.45, 2.75) is 12.5 Å². The van der Waals surface area contributed by atoms with Gasteiger partial charge in [0.1, 0.15) is 6.04 Å². The van der Waals surface area contributed by atoms with E-state index in [9.17, 15) is 14.4 Å². The van der Waals surface area contributed by atoms with Crippen molar-refractivity contribution in [2.75, 3.05) is 6.54 Å². The minimum atomic E-state index is -1.33. The van der Waals surface area contributed by atoms with Crippen molar-refractivity contribution in [2.24, 2.45) is 5.73 Å². The summed E-state index contributed by atoms with van der Waals surface area (Å²) in [5.41, 5.74) is 4.73. The molecule has 0 radical (unpaired) electrons. The minimum absolute atomic E-state index is 0.357. The van der Waals surface area contributed by atoms with Crippen molar-refractivity contribution in [3.63, 3.8) is 0 Å². The first-order chi connectivity index (χ1) is 5.93. The molecule has 0 aliphatic carbocycles. The molecule has 1 atom stereocenters. The number of nitrogens with one attached hydrogen (secondary N) is 1. The zero-order valence-corrected chi connectivity index (χ0v) is 6.69. The maximum absolute atomic E-state index is 10.4. The van der Waals surface area contributed by atoms with Gasteiger partial charge in [-0.25, -0.2) is 0 Å². The van der Waals surface area contributed by atoms with Crippen LogP contribution in [0.15, 0.2) is 0 Å². The van der Waals surface area contributed by atoms with Gasteiger partial charge in [0.15, 0.2) is 0 Å². The normalized spacial score (nSPS) is 12.0. The lowest BCUT2D eigenvalue weighted by Gasteiger charge is -2.09. The van der Waals surface area contributed by atoms with Gasteiger partial charge in [0.05, 0.1) is 13.0 Å². The third kappa shape index (κ3) is 5.62. The Hall–Kier alpha value is -1.63. The van der Waals surface area contributed by atoms with Crippen molar-refractivity contribution in [1.29, 1.82) is 0 Å². The number of hydrogen-bond acceptors (Lipinski definition) is 4. The third-order valence-electron chi connectivity index (χ3n) is 1.20. The summed E-state index contributed by atoms with van der Waals surface area (Å²) in [6.45, 7) is -0.357. The van der Waals surface area contributed by atoms with Crippen LogP contribution in [-0.2, 0) is 14.4 Å². The lowest BCUT2D eigenvalue weighted by atomic mass is 10.2. The number of primary amides is 1. The van der Waals surface area contributed by atoms with Crippen LogP contribution in [0, 0.1) is 0 Å². The van der Waals surface area contributed by atoms with E-state index < -0.39 is 30.3 Å². The van der Waals surface area contributed by atoms with E-state index in [4.69, 9.17) is 15.9 Å². The summed E-state index contributed by atoms with van der Waals surface area (Å²) in [6.07, 6.45) is -0.595. The Labute approximate surface area is 73.5 Å². The van der Waals surface area contributed by atoms with Crippen LogP contribution >= 0.6 is 0 Å². The first kappa shape index (κ1) is 11.4. The molecule has 0 bridgehead atoms. The quantitative estimate of drug-likeness (QED) is 0.383. The number of nitrogens with two attached hydrogens (primary N) is 1. The first-order valence-corrected chi connectivity index (χ1v) is 3.39. The first-order valence-electron chi connectivity index (χ1n) is 3.39. The number of carboxylic acids is 2. The van der Waals surface area contributed by atoms with E-state index in [0.717, 1.165) is 0 Å². The Morgan fingerprint density at radius 2 is 1.85 bits per heavy atom. The molecule has 0 aromatic heterocycles. The van der Waals surface area contributed by atoms with Crippen molar-refractivity contribution in [3.8, 4) is 0 Å². The van der Waals surface area contributed by atoms with E-state index in [1.807, 2.05) is 0 Å². The average Bonchev–Trinajstić information content (AvgIpc) is 1.96. The molecule has 0 fully saturated rings. The molecule has 0 aliphatic heterocycles. The lowest BCUT2D eigenvalue weighted by molar-refractivity contribution is -0.146. The van der Waals surface area contributed by atoms with Crippen LogP contribution < -0.4 is 11.1 Å². The molecule has 0 saturated carbocycles. The molecule has 1 amide bonds. The molecular formula is C6H10N2O5. The number of carboxylic acid groups (broad SMARTS) is 2. The van der Waals surface area contributed by atoms with Crippen molar-refractivity contribution < 1.29 is 24.6 Å². The molecular weight excluding hydrogens is 180 g/mol.